The van der Waals surface area contributed by atoms with Crippen LogP contribution in [0, 0.1) is 6.92 Å². The van der Waals surface area contributed by atoms with Crippen LogP contribution in [0.5, 0.6) is 11.5 Å². The van der Waals surface area contributed by atoms with Crippen molar-refractivity contribution in [3.05, 3.63) is 33.9 Å². The number of methoxy groups -OCH3 is 2. The molecule has 8 heteroatoms. The van der Waals surface area contributed by atoms with Crippen LogP contribution in [-0.4, -0.2) is 51.7 Å². The van der Waals surface area contributed by atoms with Gasteiger partial charge in [0.15, 0.2) is 6.79 Å². The third kappa shape index (κ3) is 7.47. The number of fused-ring (bicyclic) bond motifs is 1. The number of hydrogen-bond donors (Lipinski definition) is 1. The molecule has 1 aliphatic rings. The lowest BCUT2D eigenvalue weighted by molar-refractivity contribution is -0.154. The fourth-order valence-electron chi connectivity index (χ4n) is 3.65. The number of carbonyl (C=O) groups is 2. The molecule has 1 amide bonds. The van der Waals surface area contributed by atoms with E-state index in [2.05, 4.69) is 5.32 Å². The molecule has 8 nitrogen and oxygen atoms in total. The van der Waals surface area contributed by atoms with Gasteiger partial charge >= 0.3 is 5.97 Å². The van der Waals surface area contributed by atoms with Gasteiger partial charge in [0, 0.05) is 25.6 Å². The summed E-state index contributed by atoms with van der Waals surface area (Å²) in [6.07, 6.45) is 3.40. The SMILES string of the molecule is COCCOCOc1c(C/C=C(\C)CCC(=O)OC(C)(C)C)c(OC)c(C)c2c1C(=O)NC2. The van der Waals surface area contributed by atoms with Gasteiger partial charge in [0.25, 0.3) is 5.91 Å². The second-order valence-corrected chi connectivity index (χ2v) is 9.01. The Balaban J connectivity index is 2.25. The molecule has 0 fully saturated rings. The maximum Gasteiger partial charge on any atom is 0.306 e. The molecule has 0 saturated carbocycles. The maximum absolute atomic E-state index is 12.6. The van der Waals surface area contributed by atoms with Gasteiger partial charge in [-0.1, -0.05) is 11.6 Å². The second-order valence-electron chi connectivity index (χ2n) is 9.01. The minimum atomic E-state index is -0.498. The Labute approximate surface area is 196 Å². The van der Waals surface area contributed by atoms with Crippen LogP contribution in [0.3, 0.4) is 0 Å². The van der Waals surface area contributed by atoms with Crippen molar-refractivity contribution in [2.24, 2.45) is 0 Å². The average Bonchev–Trinajstić information content (AvgIpc) is 3.12. The van der Waals surface area contributed by atoms with E-state index in [0.29, 0.717) is 56.1 Å². The van der Waals surface area contributed by atoms with Gasteiger partial charge in [-0.3, -0.25) is 9.59 Å². The van der Waals surface area contributed by atoms with Crippen LogP contribution < -0.4 is 14.8 Å². The Bertz CT molecular complexity index is 884. The lowest BCUT2D eigenvalue weighted by atomic mass is 9.94. The Kier molecular flexibility index (Phi) is 9.73. The van der Waals surface area contributed by atoms with Crippen molar-refractivity contribution in [2.75, 3.05) is 34.2 Å². The van der Waals surface area contributed by atoms with Crippen LogP contribution in [0.15, 0.2) is 11.6 Å². The molecule has 184 valence electrons. The minimum Gasteiger partial charge on any atom is -0.496 e. The second kappa shape index (κ2) is 12.0. The molecule has 0 spiro atoms. The highest BCUT2D eigenvalue weighted by atomic mass is 16.7. The Morgan fingerprint density at radius 3 is 2.48 bits per heavy atom. The summed E-state index contributed by atoms with van der Waals surface area (Å²) in [5, 5.41) is 2.87. The molecule has 0 saturated heterocycles. The Morgan fingerprint density at radius 1 is 1.12 bits per heavy atom. The highest BCUT2D eigenvalue weighted by Crippen LogP contribution is 2.41. The molecule has 0 aromatic heterocycles. The first-order valence-electron chi connectivity index (χ1n) is 11.2. The Hall–Kier alpha value is -2.58. The molecule has 0 bridgehead atoms. The summed E-state index contributed by atoms with van der Waals surface area (Å²) in [5.41, 5.74) is 3.62. The van der Waals surface area contributed by atoms with Gasteiger partial charge in [0.2, 0.25) is 0 Å². The van der Waals surface area contributed by atoms with Gasteiger partial charge in [-0.15, -0.1) is 0 Å². The van der Waals surface area contributed by atoms with Gasteiger partial charge < -0.3 is 29.0 Å². The van der Waals surface area contributed by atoms with Crippen molar-refractivity contribution in [3.63, 3.8) is 0 Å². The van der Waals surface area contributed by atoms with Gasteiger partial charge in [-0.25, -0.2) is 0 Å². The molecular formula is C25H37NO7. The van der Waals surface area contributed by atoms with Crippen LogP contribution >= 0.6 is 0 Å². The summed E-state index contributed by atoms with van der Waals surface area (Å²) in [4.78, 5) is 24.6. The molecular weight excluding hydrogens is 426 g/mol. The van der Waals surface area contributed by atoms with Crippen LogP contribution in [0.25, 0.3) is 0 Å². The molecule has 1 N–H and O–H groups in total. The van der Waals surface area contributed by atoms with E-state index in [4.69, 9.17) is 23.7 Å². The molecule has 0 aliphatic carbocycles. The monoisotopic (exact) mass is 463 g/mol. The van der Waals surface area contributed by atoms with Crippen molar-refractivity contribution >= 4 is 11.9 Å². The van der Waals surface area contributed by atoms with Crippen molar-refractivity contribution in [2.45, 2.75) is 66.0 Å². The van der Waals surface area contributed by atoms with E-state index in [-0.39, 0.29) is 18.7 Å². The van der Waals surface area contributed by atoms with Crippen molar-refractivity contribution in [1.29, 1.82) is 0 Å². The number of amides is 1. The zero-order chi connectivity index (χ0) is 24.6. The molecule has 1 heterocycles. The number of allylic oxidation sites excluding steroid dienone is 2. The van der Waals surface area contributed by atoms with E-state index < -0.39 is 5.60 Å². The van der Waals surface area contributed by atoms with Crippen LogP contribution in [0.1, 0.15) is 67.6 Å². The van der Waals surface area contributed by atoms with E-state index in [0.717, 1.165) is 22.3 Å². The quantitative estimate of drug-likeness (QED) is 0.218. The minimum absolute atomic E-state index is 0.0103. The van der Waals surface area contributed by atoms with Crippen molar-refractivity contribution < 1.29 is 33.3 Å². The molecule has 33 heavy (non-hydrogen) atoms. The maximum atomic E-state index is 12.6. The van der Waals surface area contributed by atoms with E-state index >= 15 is 0 Å². The van der Waals surface area contributed by atoms with Crippen LogP contribution in [0.4, 0.5) is 0 Å². The summed E-state index contributed by atoms with van der Waals surface area (Å²) in [7, 11) is 3.21. The molecule has 0 atom stereocenters. The van der Waals surface area contributed by atoms with E-state index in [1.807, 2.05) is 40.7 Å². The summed E-state index contributed by atoms with van der Waals surface area (Å²) in [6, 6.07) is 0. The van der Waals surface area contributed by atoms with Gasteiger partial charge in [-0.2, -0.15) is 0 Å². The molecule has 1 aromatic rings. The lowest BCUT2D eigenvalue weighted by Gasteiger charge is -2.20. The van der Waals surface area contributed by atoms with Gasteiger partial charge in [0.1, 0.15) is 17.1 Å². The summed E-state index contributed by atoms with van der Waals surface area (Å²) >= 11 is 0. The van der Waals surface area contributed by atoms with E-state index in [9.17, 15) is 9.59 Å². The predicted molar refractivity (Wildman–Crippen MR) is 125 cm³/mol. The molecule has 1 aromatic carbocycles. The number of benzene rings is 1. The number of rotatable bonds is 12. The standard InChI is InChI=1S/C25H37NO7/c1-16(9-11-20(27)33-25(3,4)5)8-10-18-22(30-7)17(2)19-14-26-24(28)21(19)23(18)32-15-31-13-12-29-6/h8H,9-15H2,1-7H3,(H,26,28)/b16-8+. The molecule has 2 rings (SSSR count). The molecule has 0 radical (unpaired) electrons. The number of esters is 1. The smallest absolute Gasteiger partial charge is 0.306 e. The van der Waals surface area contributed by atoms with Crippen LogP contribution in [-0.2, 0) is 32.0 Å². The molecule has 1 aliphatic heterocycles. The summed E-state index contributed by atoms with van der Waals surface area (Å²) < 4.78 is 27.5. The highest BCUT2D eigenvalue weighted by molar-refractivity contribution is 6.02. The zero-order valence-corrected chi connectivity index (χ0v) is 20.9. The summed E-state index contributed by atoms with van der Waals surface area (Å²) in [5.74, 6) is 0.758. The number of carbonyl (C=O) groups excluding carboxylic acids is 2. The van der Waals surface area contributed by atoms with Gasteiger partial charge in [0.05, 0.1) is 25.9 Å². The molecule has 0 unspecified atom stereocenters. The number of nitrogens with one attached hydrogen (secondary N) is 1. The van der Waals surface area contributed by atoms with E-state index in [1.165, 1.54) is 0 Å². The largest absolute Gasteiger partial charge is 0.496 e. The normalized spacial score (nSPS) is 13.5. The summed E-state index contributed by atoms with van der Waals surface area (Å²) in [6.45, 7) is 10.7. The number of hydrogen-bond acceptors (Lipinski definition) is 7. The Morgan fingerprint density at radius 2 is 1.85 bits per heavy atom. The fraction of sp³-hybridized carbons (Fsp3) is 0.600. The first-order valence-corrected chi connectivity index (χ1v) is 11.2. The first-order chi connectivity index (χ1) is 15.6. The number of ether oxygens (including phenoxy) is 5. The van der Waals surface area contributed by atoms with Crippen molar-refractivity contribution in [1.82, 2.24) is 5.32 Å². The lowest BCUT2D eigenvalue weighted by Crippen LogP contribution is -2.23. The fourth-order valence-corrected chi connectivity index (χ4v) is 3.65. The highest BCUT2D eigenvalue weighted by Gasteiger charge is 2.31. The third-order valence-corrected chi connectivity index (χ3v) is 5.24. The van der Waals surface area contributed by atoms with Crippen molar-refractivity contribution in [3.8, 4) is 11.5 Å². The van der Waals surface area contributed by atoms with Gasteiger partial charge in [-0.05, 0) is 58.6 Å². The predicted octanol–water partition coefficient (Wildman–Crippen LogP) is 3.86. The van der Waals surface area contributed by atoms with E-state index in [1.54, 1.807) is 14.2 Å². The first kappa shape index (κ1) is 26.7. The topological polar surface area (TPSA) is 92.3 Å². The zero-order valence-electron chi connectivity index (χ0n) is 20.9. The third-order valence-electron chi connectivity index (χ3n) is 5.24. The average molecular weight is 464 g/mol. The van der Waals surface area contributed by atoms with Crippen LogP contribution in [0.2, 0.25) is 0 Å².